The molecule has 2 aliphatic heterocycles. The fourth-order valence-electron chi connectivity index (χ4n) is 3.83. The Hall–Kier alpha value is -2.89. The van der Waals surface area contributed by atoms with Crippen LogP contribution in [0.4, 0.5) is 13.2 Å². The van der Waals surface area contributed by atoms with Gasteiger partial charge in [0.25, 0.3) is 5.91 Å². The third kappa shape index (κ3) is 4.36. The Bertz CT molecular complexity index is 1150. The van der Waals surface area contributed by atoms with E-state index in [-0.39, 0.29) is 26.2 Å². The molecule has 0 bridgehead atoms. The molecule has 2 aromatic carbocycles. The second kappa shape index (κ2) is 8.23. The third-order valence-electron chi connectivity index (χ3n) is 5.35. The van der Waals surface area contributed by atoms with Gasteiger partial charge in [-0.1, -0.05) is 42.5 Å². The van der Waals surface area contributed by atoms with Crippen molar-refractivity contribution in [2.24, 2.45) is 0 Å². The number of sulfonamides is 1. The number of hydrogen-bond acceptors (Lipinski definition) is 5. The highest BCUT2D eigenvalue weighted by molar-refractivity contribution is 7.89. The predicted octanol–water partition coefficient (Wildman–Crippen LogP) is 2.46. The first-order valence-corrected chi connectivity index (χ1v) is 11.1. The smallest absolute Gasteiger partial charge is 0.404 e. The van der Waals surface area contributed by atoms with Crippen molar-refractivity contribution in [2.45, 2.75) is 17.4 Å². The number of carbonyl (C=O) groups is 1. The van der Waals surface area contributed by atoms with E-state index in [0.717, 1.165) is 16.4 Å². The Morgan fingerprint density at radius 1 is 0.938 bits per heavy atom. The van der Waals surface area contributed by atoms with Crippen molar-refractivity contribution >= 4 is 15.9 Å². The maximum atomic E-state index is 13.0. The average molecular weight is 468 g/mol. The van der Waals surface area contributed by atoms with Crippen LogP contribution in [-0.4, -0.2) is 61.2 Å². The number of aliphatic hydroxyl groups is 1. The van der Waals surface area contributed by atoms with Gasteiger partial charge < -0.3 is 14.7 Å². The zero-order chi connectivity index (χ0) is 23.1. The molecule has 32 heavy (non-hydrogen) atoms. The van der Waals surface area contributed by atoms with Gasteiger partial charge in [-0.25, -0.2) is 8.42 Å². The number of nitrogens with zero attached hydrogens (tertiary/aromatic N) is 2. The summed E-state index contributed by atoms with van der Waals surface area (Å²) in [5.41, 5.74) is 1.84. The fraction of sp³-hybridized carbons (Fsp3) is 0.286. The van der Waals surface area contributed by atoms with E-state index in [4.69, 9.17) is 0 Å². The summed E-state index contributed by atoms with van der Waals surface area (Å²) in [4.78, 5) is 13.5. The monoisotopic (exact) mass is 468 g/mol. The fourth-order valence-corrected chi connectivity index (χ4v) is 5.38. The number of para-hydroxylation sites is 1. The molecule has 0 spiro atoms. The summed E-state index contributed by atoms with van der Waals surface area (Å²) in [5.74, 6) is -1.29. The average Bonchev–Trinajstić information content (AvgIpc) is 3.32. The van der Waals surface area contributed by atoms with Crippen molar-refractivity contribution < 1.29 is 36.2 Å². The number of ether oxygens (including phenoxy) is 1. The number of aliphatic hydroxyl groups excluding tert-OH is 1. The number of rotatable bonds is 5. The summed E-state index contributed by atoms with van der Waals surface area (Å²) < 4.78 is 69.0. The Morgan fingerprint density at radius 3 is 2.09 bits per heavy atom. The van der Waals surface area contributed by atoms with Gasteiger partial charge in [-0.3, -0.25) is 4.79 Å². The molecule has 2 aliphatic rings. The molecule has 1 amide bonds. The summed E-state index contributed by atoms with van der Waals surface area (Å²) in [7, 11) is -4.27. The van der Waals surface area contributed by atoms with E-state index in [0.29, 0.717) is 16.7 Å². The van der Waals surface area contributed by atoms with E-state index in [2.05, 4.69) is 4.74 Å². The SMILES string of the molecule is O=C([C@H](O)c1ccccc1)N1CC2=C(C1)CN(S(=O)(=O)c1ccccc1OC(F)(F)F)C2. The van der Waals surface area contributed by atoms with Crippen molar-refractivity contribution in [3.63, 3.8) is 0 Å². The van der Waals surface area contributed by atoms with Crippen LogP contribution in [0.5, 0.6) is 5.75 Å². The number of hydrogen-bond donors (Lipinski definition) is 1. The Labute approximate surface area is 182 Å². The third-order valence-corrected chi connectivity index (χ3v) is 7.18. The first-order valence-electron chi connectivity index (χ1n) is 9.63. The van der Waals surface area contributed by atoms with Crippen LogP contribution in [0.3, 0.4) is 0 Å². The molecular formula is C21H19F3N2O5S. The van der Waals surface area contributed by atoms with Crippen molar-refractivity contribution in [3.05, 3.63) is 71.3 Å². The Kier molecular flexibility index (Phi) is 5.74. The van der Waals surface area contributed by atoms with Gasteiger partial charge in [-0.15, -0.1) is 13.2 Å². The minimum Gasteiger partial charge on any atom is -0.404 e. The highest BCUT2D eigenvalue weighted by atomic mass is 32.2. The van der Waals surface area contributed by atoms with Crippen molar-refractivity contribution in [3.8, 4) is 5.75 Å². The second-order valence-electron chi connectivity index (χ2n) is 7.48. The first-order chi connectivity index (χ1) is 15.1. The van der Waals surface area contributed by atoms with E-state index in [1.165, 1.54) is 17.0 Å². The molecule has 0 aromatic heterocycles. The number of halogens is 3. The lowest BCUT2D eigenvalue weighted by Crippen LogP contribution is -2.38. The second-order valence-corrected chi connectivity index (χ2v) is 9.39. The molecule has 1 N–H and O–H groups in total. The topological polar surface area (TPSA) is 87.2 Å². The zero-order valence-corrected chi connectivity index (χ0v) is 17.4. The molecule has 0 radical (unpaired) electrons. The van der Waals surface area contributed by atoms with Gasteiger partial charge in [0.2, 0.25) is 10.0 Å². The lowest BCUT2D eigenvalue weighted by Gasteiger charge is -2.25. The molecule has 2 heterocycles. The Morgan fingerprint density at radius 2 is 1.50 bits per heavy atom. The van der Waals surface area contributed by atoms with E-state index in [1.807, 2.05) is 0 Å². The van der Waals surface area contributed by atoms with Gasteiger partial charge >= 0.3 is 6.36 Å². The van der Waals surface area contributed by atoms with Gasteiger partial charge in [0.15, 0.2) is 6.10 Å². The summed E-state index contributed by atoms with van der Waals surface area (Å²) in [6.07, 6.45) is -6.36. The maximum Gasteiger partial charge on any atom is 0.573 e. The van der Waals surface area contributed by atoms with Crippen LogP contribution in [0.1, 0.15) is 11.7 Å². The summed E-state index contributed by atoms with van der Waals surface area (Å²) in [6.45, 7) is 0.183. The molecule has 0 saturated carbocycles. The van der Waals surface area contributed by atoms with Crippen molar-refractivity contribution in [1.29, 1.82) is 0 Å². The molecule has 0 aliphatic carbocycles. The molecule has 0 saturated heterocycles. The quantitative estimate of drug-likeness (QED) is 0.682. The number of amides is 1. The lowest BCUT2D eigenvalue weighted by atomic mass is 10.1. The first kappa shape index (κ1) is 22.3. The lowest BCUT2D eigenvalue weighted by molar-refractivity contribution is -0.275. The van der Waals surface area contributed by atoms with Gasteiger partial charge in [0, 0.05) is 26.2 Å². The standard InChI is InChI=1S/C21H19F3N2O5S/c22-21(23,24)31-17-8-4-5-9-18(17)32(29,30)26-12-15-10-25(11-16(15)13-26)20(28)19(27)14-6-2-1-3-7-14/h1-9,19,27H,10-13H2/t19-/m1/s1. The normalized spacial score (nSPS) is 18.1. The largest absolute Gasteiger partial charge is 0.573 e. The summed E-state index contributed by atoms with van der Waals surface area (Å²) >= 11 is 0. The van der Waals surface area contributed by atoms with Gasteiger partial charge in [0.1, 0.15) is 10.6 Å². The highest BCUT2D eigenvalue weighted by Gasteiger charge is 2.41. The van der Waals surface area contributed by atoms with Crippen molar-refractivity contribution in [1.82, 2.24) is 9.21 Å². The van der Waals surface area contributed by atoms with E-state index < -0.39 is 39.0 Å². The van der Waals surface area contributed by atoms with Crippen LogP contribution in [0.25, 0.3) is 0 Å². The van der Waals surface area contributed by atoms with Crippen molar-refractivity contribution in [2.75, 3.05) is 26.2 Å². The van der Waals surface area contributed by atoms with E-state index in [1.54, 1.807) is 30.3 Å². The summed E-state index contributed by atoms with van der Waals surface area (Å²) in [6, 6.07) is 13.0. The van der Waals surface area contributed by atoms with Gasteiger partial charge in [-0.05, 0) is 28.8 Å². The predicted molar refractivity (Wildman–Crippen MR) is 107 cm³/mol. The maximum absolute atomic E-state index is 13.0. The molecule has 7 nitrogen and oxygen atoms in total. The number of benzene rings is 2. The number of alkyl halides is 3. The molecular weight excluding hydrogens is 449 g/mol. The minimum atomic E-state index is -5.03. The van der Waals surface area contributed by atoms with Crippen LogP contribution in [-0.2, 0) is 14.8 Å². The highest BCUT2D eigenvalue weighted by Crippen LogP contribution is 2.35. The molecule has 4 rings (SSSR count). The van der Waals surface area contributed by atoms with E-state index >= 15 is 0 Å². The van der Waals surface area contributed by atoms with Gasteiger partial charge in [-0.2, -0.15) is 4.31 Å². The van der Waals surface area contributed by atoms with Gasteiger partial charge in [0.05, 0.1) is 0 Å². The van der Waals surface area contributed by atoms with Crippen LogP contribution in [0.2, 0.25) is 0 Å². The van der Waals surface area contributed by atoms with E-state index in [9.17, 15) is 31.5 Å². The Balaban J connectivity index is 1.46. The van der Waals surface area contributed by atoms with Crippen LogP contribution >= 0.6 is 0 Å². The summed E-state index contributed by atoms with van der Waals surface area (Å²) in [5, 5.41) is 10.3. The zero-order valence-electron chi connectivity index (χ0n) is 16.6. The van der Waals surface area contributed by atoms with Crippen LogP contribution in [0, 0.1) is 0 Å². The van der Waals surface area contributed by atoms with Crippen LogP contribution < -0.4 is 4.74 Å². The van der Waals surface area contributed by atoms with Crippen LogP contribution in [0.15, 0.2) is 70.6 Å². The molecule has 170 valence electrons. The molecule has 11 heteroatoms. The molecule has 0 fully saturated rings. The molecule has 1 atom stereocenters. The number of carbonyl (C=O) groups excluding carboxylic acids is 1. The molecule has 0 unspecified atom stereocenters. The minimum absolute atomic E-state index is 0.0524. The molecule has 2 aromatic rings.